The molecule has 4 N–H and O–H groups in total. The van der Waals surface area contributed by atoms with E-state index in [2.05, 4.69) is 20.6 Å². The third kappa shape index (κ3) is 5.13. The minimum absolute atomic E-state index is 0.0417. The number of carbonyl (C=O) groups is 1. The van der Waals surface area contributed by atoms with Crippen LogP contribution in [0.4, 0.5) is 5.69 Å². The number of benzene rings is 1. The van der Waals surface area contributed by atoms with Crippen LogP contribution in [0.1, 0.15) is 25.2 Å². The molecule has 0 aliphatic carbocycles. The zero-order valence-electron chi connectivity index (χ0n) is 16.4. The first kappa shape index (κ1) is 19.9. The van der Waals surface area contributed by atoms with Crippen molar-refractivity contribution in [1.82, 2.24) is 14.9 Å². The Kier molecular flexibility index (Phi) is 6.47. The molecule has 0 atom stereocenters. The van der Waals surface area contributed by atoms with Gasteiger partial charge in [-0.1, -0.05) is 12.1 Å². The Hall–Kier alpha value is -3.81. The van der Waals surface area contributed by atoms with Crippen molar-refractivity contribution >= 4 is 35.4 Å². The van der Waals surface area contributed by atoms with E-state index in [1.807, 2.05) is 61.2 Å². The maximum absolute atomic E-state index is 11.5. The number of ether oxygens (including phenoxy) is 1. The standard InChI is InChI=1S/C21H24N6O2/c1-3-16(25-19(22)7-9-23-4-2)21-24-10-12-27(21)11-8-15-5-6-18-17(13-15)26-20(28)14-29-18/h3,5-13,23H,4,14H2,1-2H3,(H2,22,25)(H,26,28)/b9-7-,11-8+,16-3+. The maximum atomic E-state index is 11.5. The Balaban J connectivity index is 1.80. The van der Waals surface area contributed by atoms with E-state index in [1.54, 1.807) is 18.5 Å². The molecule has 1 aliphatic rings. The van der Waals surface area contributed by atoms with Gasteiger partial charge in [0.15, 0.2) is 12.4 Å². The molecule has 8 nitrogen and oxygen atoms in total. The van der Waals surface area contributed by atoms with Crippen molar-refractivity contribution < 1.29 is 9.53 Å². The smallest absolute Gasteiger partial charge is 0.262 e. The zero-order valence-corrected chi connectivity index (χ0v) is 16.4. The number of hydrogen-bond donors (Lipinski definition) is 3. The predicted octanol–water partition coefficient (Wildman–Crippen LogP) is 2.68. The van der Waals surface area contributed by atoms with Crippen LogP contribution in [0.3, 0.4) is 0 Å². The Morgan fingerprint density at radius 2 is 2.34 bits per heavy atom. The van der Waals surface area contributed by atoms with E-state index in [1.165, 1.54) is 0 Å². The van der Waals surface area contributed by atoms with Gasteiger partial charge in [0.1, 0.15) is 17.3 Å². The van der Waals surface area contributed by atoms with E-state index >= 15 is 0 Å². The van der Waals surface area contributed by atoms with Crippen molar-refractivity contribution in [1.29, 1.82) is 0 Å². The molecule has 0 bridgehead atoms. The van der Waals surface area contributed by atoms with E-state index in [4.69, 9.17) is 10.5 Å². The number of carbonyl (C=O) groups excluding carboxylic acids is 1. The minimum atomic E-state index is -0.160. The molecule has 1 aliphatic heterocycles. The number of nitrogens with zero attached hydrogens (tertiary/aromatic N) is 3. The summed E-state index contributed by atoms with van der Waals surface area (Å²) in [6.07, 6.45) is 12.6. The molecule has 1 aromatic heterocycles. The molecule has 2 aromatic rings. The molecule has 150 valence electrons. The molecular formula is C21H24N6O2. The summed E-state index contributed by atoms with van der Waals surface area (Å²) in [5.41, 5.74) is 8.20. The monoisotopic (exact) mass is 392 g/mol. The lowest BCUT2D eigenvalue weighted by Crippen LogP contribution is -2.25. The van der Waals surface area contributed by atoms with Crippen molar-refractivity contribution in [3.63, 3.8) is 0 Å². The summed E-state index contributed by atoms with van der Waals surface area (Å²) in [4.78, 5) is 20.3. The van der Waals surface area contributed by atoms with Gasteiger partial charge in [-0.25, -0.2) is 9.98 Å². The van der Waals surface area contributed by atoms with E-state index in [0.717, 1.165) is 12.1 Å². The van der Waals surface area contributed by atoms with E-state index in [9.17, 15) is 4.79 Å². The maximum Gasteiger partial charge on any atom is 0.262 e. The highest BCUT2D eigenvalue weighted by atomic mass is 16.5. The third-order valence-corrected chi connectivity index (χ3v) is 4.06. The lowest BCUT2D eigenvalue weighted by Gasteiger charge is -2.17. The number of aromatic nitrogens is 2. The first-order chi connectivity index (χ1) is 14.1. The van der Waals surface area contributed by atoms with Crippen LogP contribution in [0.15, 0.2) is 53.9 Å². The van der Waals surface area contributed by atoms with Crippen LogP contribution in [-0.2, 0) is 4.79 Å². The van der Waals surface area contributed by atoms with Gasteiger partial charge < -0.3 is 25.7 Å². The van der Waals surface area contributed by atoms with Crippen LogP contribution in [0, 0.1) is 0 Å². The van der Waals surface area contributed by atoms with Crippen molar-refractivity contribution in [3.05, 3.63) is 60.3 Å². The number of aliphatic imine (C=N–C) groups is 1. The Bertz CT molecular complexity index is 1000. The van der Waals surface area contributed by atoms with Gasteiger partial charge in [0.05, 0.1) is 5.69 Å². The first-order valence-electron chi connectivity index (χ1n) is 9.29. The molecule has 0 saturated carbocycles. The summed E-state index contributed by atoms with van der Waals surface area (Å²) in [5, 5.41) is 5.86. The van der Waals surface area contributed by atoms with Gasteiger partial charge >= 0.3 is 0 Å². The topological polar surface area (TPSA) is 107 Å². The molecule has 2 heterocycles. The lowest BCUT2D eigenvalue weighted by atomic mass is 10.1. The largest absolute Gasteiger partial charge is 0.482 e. The number of anilines is 1. The fourth-order valence-electron chi connectivity index (χ4n) is 2.68. The van der Waals surface area contributed by atoms with E-state index < -0.39 is 0 Å². The molecule has 1 aromatic carbocycles. The second-order valence-corrected chi connectivity index (χ2v) is 6.17. The summed E-state index contributed by atoms with van der Waals surface area (Å²) in [5.74, 6) is 1.55. The van der Waals surface area contributed by atoms with Crippen LogP contribution >= 0.6 is 0 Å². The average molecular weight is 392 g/mol. The highest BCUT2D eigenvalue weighted by Crippen LogP contribution is 2.29. The summed E-state index contributed by atoms with van der Waals surface area (Å²) in [6.45, 7) is 4.74. The number of amidine groups is 1. The minimum Gasteiger partial charge on any atom is -0.482 e. The zero-order chi connectivity index (χ0) is 20.6. The number of imidazole rings is 1. The molecule has 0 unspecified atom stereocenters. The molecule has 8 heteroatoms. The number of nitrogens with two attached hydrogens (primary N) is 1. The Morgan fingerprint density at radius 3 is 3.14 bits per heavy atom. The van der Waals surface area contributed by atoms with Crippen LogP contribution < -0.4 is 21.1 Å². The van der Waals surface area contributed by atoms with E-state index in [-0.39, 0.29) is 12.5 Å². The average Bonchev–Trinajstić information content (AvgIpc) is 3.18. The normalized spacial score (nSPS) is 14.8. The van der Waals surface area contributed by atoms with Crippen LogP contribution in [0.5, 0.6) is 5.75 Å². The predicted molar refractivity (Wildman–Crippen MR) is 116 cm³/mol. The summed E-state index contributed by atoms with van der Waals surface area (Å²) < 4.78 is 7.24. The Morgan fingerprint density at radius 1 is 1.48 bits per heavy atom. The SMILES string of the molecule is C/C=C(/N=C(N)\C=C/NCC)c1nccn1/C=C/c1ccc2c(c1)NC(=O)CO2. The number of fused-ring (bicyclic) bond motifs is 1. The van der Waals surface area contributed by atoms with Gasteiger partial charge in [0.2, 0.25) is 0 Å². The number of amides is 1. The first-order valence-corrected chi connectivity index (χ1v) is 9.29. The van der Waals surface area contributed by atoms with Crippen LogP contribution in [0.2, 0.25) is 0 Å². The van der Waals surface area contributed by atoms with Crippen molar-refractivity contribution in [2.75, 3.05) is 18.5 Å². The van der Waals surface area contributed by atoms with Crippen molar-refractivity contribution in [2.45, 2.75) is 13.8 Å². The van der Waals surface area contributed by atoms with Gasteiger partial charge in [-0.15, -0.1) is 0 Å². The van der Waals surface area contributed by atoms with Gasteiger partial charge in [-0.3, -0.25) is 4.79 Å². The number of allylic oxidation sites excluding steroid dienone is 1. The second kappa shape index (κ2) is 9.41. The van der Waals surface area contributed by atoms with Gasteiger partial charge in [-0.05, 0) is 43.7 Å². The van der Waals surface area contributed by atoms with Crippen molar-refractivity contribution in [3.8, 4) is 5.75 Å². The summed E-state index contributed by atoms with van der Waals surface area (Å²) in [6, 6.07) is 5.61. The van der Waals surface area contributed by atoms with Gasteiger partial charge in [0, 0.05) is 31.3 Å². The molecule has 3 rings (SSSR count). The van der Waals surface area contributed by atoms with Gasteiger partial charge in [-0.2, -0.15) is 0 Å². The molecular weight excluding hydrogens is 368 g/mol. The number of nitrogens with one attached hydrogen (secondary N) is 2. The summed E-state index contributed by atoms with van der Waals surface area (Å²) >= 11 is 0. The molecule has 0 saturated heterocycles. The highest BCUT2D eigenvalue weighted by molar-refractivity contribution is 5.96. The molecule has 0 radical (unpaired) electrons. The second-order valence-electron chi connectivity index (χ2n) is 6.17. The molecule has 0 spiro atoms. The molecule has 0 fully saturated rings. The van der Waals surface area contributed by atoms with E-state index in [0.29, 0.717) is 28.8 Å². The highest BCUT2D eigenvalue weighted by Gasteiger charge is 2.15. The van der Waals surface area contributed by atoms with Crippen LogP contribution in [0.25, 0.3) is 18.0 Å². The van der Waals surface area contributed by atoms with Crippen LogP contribution in [-0.4, -0.2) is 34.4 Å². The fraction of sp³-hybridized carbons (Fsp3) is 0.190. The molecule has 29 heavy (non-hydrogen) atoms. The summed E-state index contributed by atoms with van der Waals surface area (Å²) in [7, 11) is 0. The van der Waals surface area contributed by atoms with Gasteiger partial charge in [0.25, 0.3) is 5.91 Å². The quantitative estimate of drug-likeness (QED) is 0.496. The Labute approximate surface area is 169 Å². The van der Waals surface area contributed by atoms with Crippen molar-refractivity contribution in [2.24, 2.45) is 10.7 Å². The third-order valence-electron chi connectivity index (χ3n) is 4.06. The number of hydrogen-bond acceptors (Lipinski definition) is 5. The molecule has 1 amide bonds. The number of rotatable bonds is 7. The fourth-order valence-corrected chi connectivity index (χ4v) is 2.68. The lowest BCUT2D eigenvalue weighted by molar-refractivity contribution is -0.118.